The Morgan fingerprint density at radius 1 is 1.15 bits per heavy atom. The number of aryl methyl sites for hydroxylation is 1. The van der Waals surface area contributed by atoms with Crippen molar-refractivity contribution in [3.8, 4) is 0 Å². The molecule has 27 heavy (non-hydrogen) atoms. The Labute approximate surface area is 156 Å². The molecule has 2 aromatic rings. The van der Waals surface area contributed by atoms with Crippen LogP contribution < -0.4 is 5.32 Å². The Morgan fingerprint density at radius 2 is 1.85 bits per heavy atom. The van der Waals surface area contributed by atoms with Crippen LogP contribution in [0.25, 0.3) is 0 Å². The number of amides is 2. The number of hydrogen-bond donors (Lipinski definition) is 1. The van der Waals surface area contributed by atoms with E-state index in [9.17, 15) is 18.4 Å². The molecule has 1 heterocycles. The highest BCUT2D eigenvalue weighted by Gasteiger charge is 2.45. The highest BCUT2D eigenvalue weighted by molar-refractivity contribution is 6.03. The van der Waals surface area contributed by atoms with Crippen LogP contribution in [0.15, 0.2) is 42.5 Å². The van der Waals surface area contributed by atoms with Crippen LogP contribution in [0.1, 0.15) is 35.1 Å². The van der Waals surface area contributed by atoms with Gasteiger partial charge in [-0.2, -0.15) is 0 Å². The van der Waals surface area contributed by atoms with Gasteiger partial charge in [0.05, 0.1) is 6.04 Å². The molecule has 1 fully saturated rings. The van der Waals surface area contributed by atoms with Gasteiger partial charge in [0.2, 0.25) is 11.8 Å². The quantitative estimate of drug-likeness (QED) is 0.845. The number of halogens is 2. The van der Waals surface area contributed by atoms with Gasteiger partial charge in [0, 0.05) is 25.6 Å². The fourth-order valence-corrected chi connectivity index (χ4v) is 4.25. The summed E-state index contributed by atoms with van der Waals surface area (Å²) in [5.41, 5.74) is 2.59. The van der Waals surface area contributed by atoms with E-state index in [0.29, 0.717) is 5.56 Å². The van der Waals surface area contributed by atoms with Crippen molar-refractivity contribution in [2.45, 2.75) is 24.8 Å². The van der Waals surface area contributed by atoms with E-state index in [4.69, 9.17) is 0 Å². The van der Waals surface area contributed by atoms with E-state index in [1.54, 1.807) is 7.05 Å². The molecule has 0 radical (unpaired) electrons. The van der Waals surface area contributed by atoms with Gasteiger partial charge in [0.1, 0.15) is 17.6 Å². The van der Waals surface area contributed by atoms with Crippen molar-refractivity contribution in [1.82, 2.24) is 10.2 Å². The summed E-state index contributed by atoms with van der Waals surface area (Å²) in [6.07, 6.45) is 1.65. The van der Waals surface area contributed by atoms with E-state index < -0.39 is 23.5 Å². The second-order valence-electron chi connectivity index (χ2n) is 7.30. The predicted molar refractivity (Wildman–Crippen MR) is 95.9 cm³/mol. The molecule has 2 aromatic carbocycles. The minimum absolute atomic E-state index is 0.141. The fourth-order valence-electron chi connectivity index (χ4n) is 4.25. The third kappa shape index (κ3) is 3.20. The van der Waals surface area contributed by atoms with Crippen LogP contribution in [-0.2, 0) is 16.0 Å². The van der Waals surface area contributed by atoms with E-state index in [0.717, 1.165) is 24.5 Å². The Balaban J connectivity index is 1.60. The second kappa shape index (κ2) is 6.76. The first kappa shape index (κ1) is 17.6. The Bertz CT molecular complexity index is 895. The smallest absolute Gasteiger partial charge is 0.235 e. The van der Waals surface area contributed by atoms with Crippen molar-refractivity contribution in [3.63, 3.8) is 0 Å². The van der Waals surface area contributed by atoms with Gasteiger partial charge in [0.25, 0.3) is 0 Å². The number of likely N-dealkylation sites (tertiary alicyclic amines) is 1. The van der Waals surface area contributed by atoms with Gasteiger partial charge in [-0.25, -0.2) is 8.78 Å². The first-order valence-electron chi connectivity index (χ1n) is 9.03. The van der Waals surface area contributed by atoms with Gasteiger partial charge in [-0.15, -0.1) is 0 Å². The number of likely N-dealkylation sites (N-methyl/N-ethyl adjacent to an activating group) is 1. The van der Waals surface area contributed by atoms with Crippen LogP contribution in [-0.4, -0.2) is 30.3 Å². The second-order valence-corrected chi connectivity index (χ2v) is 7.30. The van der Waals surface area contributed by atoms with Crippen LogP contribution in [0.3, 0.4) is 0 Å². The summed E-state index contributed by atoms with van der Waals surface area (Å²) >= 11 is 0. The topological polar surface area (TPSA) is 49.4 Å². The molecule has 1 aliphatic heterocycles. The summed E-state index contributed by atoms with van der Waals surface area (Å²) in [5, 5.41) is 2.98. The van der Waals surface area contributed by atoms with Crippen LogP contribution in [0.5, 0.6) is 0 Å². The fraction of sp³-hybridized carbons (Fsp3) is 0.333. The number of fused-ring (bicyclic) bond motifs is 1. The lowest BCUT2D eigenvalue weighted by atomic mass is 9.87. The van der Waals surface area contributed by atoms with Crippen LogP contribution >= 0.6 is 0 Å². The number of benzene rings is 2. The molecule has 0 spiro atoms. The average Bonchev–Trinajstić information content (AvgIpc) is 3.16. The van der Waals surface area contributed by atoms with Gasteiger partial charge in [-0.05, 0) is 41.7 Å². The lowest BCUT2D eigenvalue weighted by Gasteiger charge is -2.20. The lowest BCUT2D eigenvalue weighted by Crippen LogP contribution is -2.39. The Hall–Kier alpha value is -2.76. The summed E-state index contributed by atoms with van der Waals surface area (Å²) < 4.78 is 27.3. The molecule has 4 nitrogen and oxygen atoms in total. The molecule has 0 saturated carbocycles. The summed E-state index contributed by atoms with van der Waals surface area (Å²) in [6.45, 7) is 0.251. The predicted octanol–water partition coefficient (Wildman–Crippen LogP) is 2.94. The Morgan fingerprint density at radius 3 is 2.59 bits per heavy atom. The summed E-state index contributed by atoms with van der Waals surface area (Å²) in [4.78, 5) is 27.0. The van der Waals surface area contributed by atoms with Gasteiger partial charge in [0.15, 0.2) is 0 Å². The van der Waals surface area contributed by atoms with Crippen LogP contribution in [0.4, 0.5) is 8.78 Å². The number of nitrogens with one attached hydrogen (secondary N) is 1. The molecule has 1 aliphatic carbocycles. The summed E-state index contributed by atoms with van der Waals surface area (Å²) in [5.74, 6) is -3.70. The zero-order valence-corrected chi connectivity index (χ0v) is 14.9. The first-order valence-corrected chi connectivity index (χ1v) is 9.03. The molecule has 3 atom stereocenters. The lowest BCUT2D eigenvalue weighted by molar-refractivity contribution is -0.137. The third-order valence-electron chi connectivity index (χ3n) is 5.56. The minimum Gasteiger partial charge on any atom is -0.349 e. The van der Waals surface area contributed by atoms with Crippen molar-refractivity contribution in [2.75, 3.05) is 13.6 Å². The zero-order chi connectivity index (χ0) is 19.1. The van der Waals surface area contributed by atoms with E-state index >= 15 is 0 Å². The molecule has 2 amide bonds. The third-order valence-corrected chi connectivity index (χ3v) is 5.56. The van der Waals surface area contributed by atoms with Gasteiger partial charge in [-0.3, -0.25) is 9.59 Å². The van der Waals surface area contributed by atoms with Crippen LogP contribution in [0.2, 0.25) is 0 Å². The zero-order valence-electron chi connectivity index (χ0n) is 14.9. The maximum absolute atomic E-state index is 13.7. The molecule has 2 aliphatic rings. The molecule has 1 saturated heterocycles. The number of hydrogen-bond acceptors (Lipinski definition) is 2. The van der Waals surface area contributed by atoms with Crippen LogP contribution in [0, 0.1) is 17.6 Å². The van der Waals surface area contributed by atoms with Crippen molar-refractivity contribution in [3.05, 3.63) is 70.8 Å². The molecule has 1 unspecified atom stereocenters. The minimum atomic E-state index is -0.982. The van der Waals surface area contributed by atoms with Gasteiger partial charge in [-0.1, -0.05) is 24.3 Å². The van der Waals surface area contributed by atoms with Crippen molar-refractivity contribution < 1.29 is 18.4 Å². The van der Waals surface area contributed by atoms with Gasteiger partial charge < -0.3 is 10.2 Å². The summed E-state index contributed by atoms with van der Waals surface area (Å²) in [6, 6.07) is 11.0. The molecular formula is C21H20F2N2O2. The molecule has 0 aromatic heterocycles. The summed E-state index contributed by atoms with van der Waals surface area (Å²) in [7, 11) is 1.60. The molecule has 0 bridgehead atoms. The normalized spacial score (nSPS) is 24.2. The highest BCUT2D eigenvalue weighted by atomic mass is 19.1. The van der Waals surface area contributed by atoms with Gasteiger partial charge >= 0.3 is 0 Å². The number of carbonyl (C=O) groups excluding carboxylic acids is 2. The molecule has 6 heteroatoms. The Kier molecular flexibility index (Phi) is 4.42. The van der Waals surface area contributed by atoms with E-state index in [2.05, 4.69) is 5.32 Å². The monoisotopic (exact) mass is 370 g/mol. The maximum Gasteiger partial charge on any atom is 0.235 e. The number of nitrogens with zero attached hydrogens (tertiary/aromatic N) is 1. The van der Waals surface area contributed by atoms with Crippen molar-refractivity contribution >= 4 is 11.8 Å². The molecule has 140 valence electrons. The van der Waals surface area contributed by atoms with E-state index in [1.165, 1.54) is 22.6 Å². The standard InChI is InChI=1S/C21H20F2N2O2/c1-25-11-17(13-8-14(22)10-15(23)9-13)19(21(25)27)20(26)24-18-7-6-12-4-2-3-5-16(12)18/h2-5,8-10,17-19H,6-7,11H2,1H3,(H,24,26)/t17-,18?,19+/m1/s1. The molecule has 4 rings (SSSR count). The molecule has 1 N–H and O–H groups in total. The highest BCUT2D eigenvalue weighted by Crippen LogP contribution is 2.36. The van der Waals surface area contributed by atoms with E-state index in [1.807, 2.05) is 24.3 Å². The molecular weight excluding hydrogens is 350 g/mol. The number of carbonyl (C=O) groups is 2. The average molecular weight is 370 g/mol. The van der Waals surface area contributed by atoms with E-state index in [-0.39, 0.29) is 24.4 Å². The van der Waals surface area contributed by atoms with Crippen molar-refractivity contribution in [2.24, 2.45) is 5.92 Å². The maximum atomic E-state index is 13.7. The largest absolute Gasteiger partial charge is 0.349 e. The SMILES string of the molecule is CN1C[C@H](c2cc(F)cc(F)c2)[C@@H](C(=O)NC2CCc3ccccc32)C1=O. The van der Waals surface area contributed by atoms with Crippen molar-refractivity contribution in [1.29, 1.82) is 0 Å². The number of rotatable bonds is 3. The first-order chi connectivity index (χ1) is 12.9.